The molecule has 2 heterocycles. The molecule has 4 N–H and O–H groups in total. The predicted molar refractivity (Wildman–Crippen MR) is 137 cm³/mol. The molecule has 0 spiro atoms. The molecule has 0 atom stereocenters. The summed E-state index contributed by atoms with van der Waals surface area (Å²) in [5, 5.41) is 7.98. The van der Waals surface area contributed by atoms with E-state index in [9.17, 15) is 14.4 Å². The molecule has 0 saturated carbocycles. The molecular weight excluding hydrogens is 482 g/mol. The SMILES string of the molecule is NCC(=O)N1CCC(COC(=O)Nc2cc3ccccc3cn2)(C(=O)NCc2ccccc2Cl)CC1. The number of aromatic nitrogens is 1. The highest BCUT2D eigenvalue weighted by molar-refractivity contribution is 6.31. The summed E-state index contributed by atoms with van der Waals surface area (Å²) in [6.45, 7) is 0.674. The number of nitrogens with one attached hydrogen (secondary N) is 2. The van der Waals surface area contributed by atoms with Gasteiger partial charge < -0.3 is 20.7 Å². The van der Waals surface area contributed by atoms with E-state index in [2.05, 4.69) is 15.6 Å². The number of rotatable bonds is 7. The number of piperidine rings is 1. The van der Waals surface area contributed by atoms with Gasteiger partial charge in [0, 0.05) is 36.2 Å². The second-order valence-corrected chi connectivity index (χ2v) is 9.16. The van der Waals surface area contributed by atoms with Crippen LogP contribution in [0, 0.1) is 5.41 Å². The number of benzene rings is 2. The summed E-state index contributed by atoms with van der Waals surface area (Å²) in [4.78, 5) is 43.9. The first-order chi connectivity index (χ1) is 17.4. The van der Waals surface area contributed by atoms with E-state index < -0.39 is 11.5 Å². The van der Waals surface area contributed by atoms with E-state index in [0.717, 1.165) is 16.3 Å². The van der Waals surface area contributed by atoms with Crippen LogP contribution in [0.2, 0.25) is 5.02 Å². The van der Waals surface area contributed by atoms with Gasteiger partial charge in [0.2, 0.25) is 11.8 Å². The minimum Gasteiger partial charge on any atom is -0.448 e. The third-order valence-electron chi connectivity index (χ3n) is 6.47. The van der Waals surface area contributed by atoms with Crippen molar-refractivity contribution < 1.29 is 19.1 Å². The zero-order chi connectivity index (χ0) is 25.5. The third kappa shape index (κ3) is 5.92. The molecule has 4 rings (SSSR count). The van der Waals surface area contributed by atoms with Gasteiger partial charge in [-0.1, -0.05) is 54.1 Å². The van der Waals surface area contributed by atoms with Crippen molar-refractivity contribution in [3.05, 3.63) is 71.4 Å². The molecule has 1 aromatic heterocycles. The van der Waals surface area contributed by atoms with Crippen molar-refractivity contribution in [2.24, 2.45) is 11.1 Å². The number of ether oxygens (including phenoxy) is 1. The average molecular weight is 510 g/mol. The minimum atomic E-state index is -0.999. The molecule has 3 aromatic rings. The largest absolute Gasteiger partial charge is 0.448 e. The van der Waals surface area contributed by atoms with E-state index in [0.29, 0.717) is 36.8 Å². The number of fused-ring (bicyclic) bond motifs is 1. The second kappa shape index (κ2) is 11.4. The number of anilines is 1. The van der Waals surface area contributed by atoms with Crippen molar-refractivity contribution in [2.45, 2.75) is 19.4 Å². The molecule has 1 aliphatic rings. The molecule has 2 aromatic carbocycles. The molecule has 36 heavy (non-hydrogen) atoms. The van der Waals surface area contributed by atoms with Crippen LogP contribution in [0.15, 0.2) is 60.8 Å². The summed E-state index contributed by atoms with van der Waals surface area (Å²) in [7, 11) is 0. The molecule has 1 aliphatic heterocycles. The Morgan fingerprint density at radius 2 is 1.75 bits per heavy atom. The first-order valence-electron chi connectivity index (χ1n) is 11.7. The number of pyridine rings is 1. The highest BCUT2D eigenvalue weighted by Crippen LogP contribution is 2.33. The van der Waals surface area contributed by atoms with Crippen LogP contribution in [0.25, 0.3) is 10.8 Å². The molecule has 10 heteroatoms. The van der Waals surface area contributed by atoms with Gasteiger partial charge in [-0.3, -0.25) is 14.9 Å². The number of hydrogen-bond acceptors (Lipinski definition) is 6. The Morgan fingerprint density at radius 1 is 1.06 bits per heavy atom. The Morgan fingerprint density at radius 3 is 2.47 bits per heavy atom. The van der Waals surface area contributed by atoms with Crippen LogP contribution in [0.4, 0.5) is 10.6 Å². The molecular formula is C26H28ClN5O4. The summed E-state index contributed by atoms with van der Waals surface area (Å²) >= 11 is 6.22. The van der Waals surface area contributed by atoms with Gasteiger partial charge in [0.25, 0.3) is 0 Å². The first-order valence-corrected chi connectivity index (χ1v) is 12.1. The summed E-state index contributed by atoms with van der Waals surface area (Å²) in [5.41, 5.74) is 5.27. The Hall–Kier alpha value is -3.69. The quantitative estimate of drug-likeness (QED) is 0.448. The van der Waals surface area contributed by atoms with Crippen molar-refractivity contribution in [3.63, 3.8) is 0 Å². The van der Waals surface area contributed by atoms with Crippen molar-refractivity contribution in [1.29, 1.82) is 0 Å². The lowest BCUT2D eigenvalue weighted by molar-refractivity contribution is -0.142. The fourth-order valence-corrected chi connectivity index (χ4v) is 4.45. The fourth-order valence-electron chi connectivity index (χ4n) is 4.25. The van der Waals surface area contributed by atoms with Crippen LogP contribution in [0.1, 0.15) is 18.4 Å². The lowest BCUT2D eigenvalue weighted by Crippen LogP contribution is -2.53. The number of amides is 3. The van der Waals surface area contributed by atoms with E-state index in [4.69, 9.17) is 22.1 Å². The minimum absolute atomic E-state index is 0.0939. The van der Waals surface area contributed by atoms with Crippen LogP contribution in [-0.4, -0.2) is 54.0 Å². The molecule has 0 radical (unpaired) electrons. The topological polar surface area (TPSA) is 127 Å². The van der Waals surface area contributed by atoms with Gasteiger partial charge in [0.1, 0.15) is 12.4 Å². The number of hydrogen-bond donors (Lipinski definition) is 3. The molecule has 188 valence electrons. The maximum absolute atomic E-state index is 13.4. The molecule has 3 amide bonds. The zero-order valence-electron chi connectivity index (χ0n) is 19.7. The second-order valence-electron chi connectivity index (χ2n) is 8.76. The van der Waals surface area contributed by atoms with E-state index in [1.807, 2.05) is 42.5 Å². The van der Waals surface area contributed by atoms with E-state index >= 15 is 0 Å². The van der Waals surface area contributed by atoms with Crippen LogP contribution in [0.5, 0.6) is 0 Å². The number of nitrogens with zero attached hydrogens (tertiary/aromatic N) is 2. The van der Waals surface area contributed by atoms with Crippen molar-refractivity contribution in [2.75, 3.05) is 31.6 Å². The van der Waals surface area contributed by atoms with E-state index in [1.165, 1.54) is 0 Å². The summed E-state index contributed by atoms with van der Waals surface area (Å²) in [6, 6.07) is 16.6. The number of carbonyl (C=O) groups excluding carboxylic acids is 3. The van der Waals surface area contributed by atoms with Gasteiger partial charge in [-0.05, 0) is 35.9 Å². The highest BCUT2D eigenvalue weighted by Gasteiger charge is 2.43. The maximum Gasteiger partial charge on any atom is 0.412 e. The average Bonchev–Trinajstić information content (AvgIpc) is 2.91. The molecule has 0 aliphatic carbocycles. The lowest BCUT2D eigenvalue weighted by atomic mass is 9.78. The molecule has 0 unspecified atom stereocenters. The monoisotopic (exact) mass is 509 g/mol. The molecule has 1 saturated heterocycles. The first kappa shape index (κ1) is 25.4. The summed E-state index contributed by atoms with van der Waals surface area (Å²) < 4.78 is 5.51. The number of nitrogens with two attached hydrogens (primary N) is 1. The number of likely N-dealkylation sites (tertiary alicyclic amines) is 1. The molecule has 9 nitrogen and oxygen atoms in total. The van der Waals surface area contributed by atoms with Crippen molar-refractivity contribution in [3.8, 4) is 0 Å². The number of carbonyl (C=O) groups is 3. The van der Waals surface area contributed by atoms with Crippen LogP contribution >= 0.6 is 11.6 Å². The van der Waals surface area contributed by atoms with Gasteiger partial charge in [-0.15, -0.1) is 0 Å². The van der Waals surface area contributed by atoms with Crippen molar-refractivity contribution in [1.82, 2.24) is 15.2 Å². The zero-order valence-corrected chi connectivity index (χ0v) is 20.5. The smallest absolute Gasteiger partial charge is 0.412 e. The van der Waals surface area contributed by atoms with Gasteiger partial charge in [0.15, 0.2) is 0 Å². The maximum atomic E-state index is 13.4. The normalized spacial score (nSPS) is 14.8. The van der Waals surface area contributed by atoms with E-state index in [-0.39, 0.29) is 31.5 Å². The Balaban J connectivity index is 1.43. The summed E-state index contributed by atoms with van der Waals surface area (Å²) in [6.07, 6.45) is 1.61. The van der Waals surface area contributed by atoms with Crippen molar-refractivity contribution >= 4 is 46.1 Å². The van der Waals surface area contributed by atoms with Crippen LogP contribution < -0.4 is 16.4 Å². The fraction of sp³-hybridized carbons (Fsp3) is 0.308. The molecule has 0 bridgehead atoms. The van der Waals surface area contributed by atoms with Gasteiger partial charge >= 0.3 is 6.09 Å². The number of halogens is 1. The van der Waals surface area contributed by atoms with Crippen LogP contribution in [0.3, 0.4) is 0 Å². The highest BCUT2D eigenvalue weighted by atomic mass is 35.5. The van der Waals surface area contributed by atoms with Gasteiger partial charge in [-0.2, -0.15) is 0 Å². The predicted octanol–water partition coefficient (Wildman–Crippen LogP) is 3.32. The van der Waals surface area contributed by atoms with Gasteiger partial charge in [0.05, 0.1) is 12.0 Å². The Kier molecular flexibility index (Phi) is 8.02. The summed E-state index contributed by atoms with van der Waals surface area (Å²) in [5.74, 6) is -0.0979. The van der Waals surface area contributed by atoms with Gasteiger partial charge in [-0.25, -0.2) is 9.78 Å². The standard InChI is InChI=1S/C26H28ClN5O4/c27-21-8-4-3-7-20(21)16-30-24(34)26(9-11-32(12-10-26)23(33)14-28)17-36-25(35)31-22-13-18-5-1-2-6-19(18)15-29-22/h1-8,13,15H,9-12,14,16-17,28H2,(H,30,34)(H,29,31,35). The Labute approximate surface area is 213 Å². The van der Waals surface area contributed by atoms with Crippen LogP contribution in [-0.2, 0) is 20.9 Å². The molecule has 1 fully saturated rings. The lowest BCUT2D eigenvalue weighted by Gasteiger charge is -2.40. The third-order valence-corrected chi connectivity index (χ3v) is 6.84. The Bertz CT molecular complexity index is 1260. The van der Waals surface area contributed by atoms with E-state index in [1.54, 1.807) is 23.2 Å².